The lowest BCUT2D eigenvalue weighted by Crippen LogP contribution is -2.44. The van der Waals surface area contributed by atoms with Crippen LogP contribution in [0, 0.1) is 11.8 Å². The quantitative estimate of drug-likeness (QED) is 0.303. The third-order valence-corrected chi connectivity index (χ3v) is 5.18. The van der Waals surface area contributed by atoms with Crippen LogP contribution < -0.4 is 21.3 Å². The van der Waals surface area contributed by atoms with E-state index in [9.17, 15) is 4.79 Å². The fraction of sp³-hybridized carbons (Fsp3) is 0.650. The van der Waals surface area contributed by atoms with Crippen LogP contribution in [-0.2, 0) is 11.3 Å². The standard InChI is InChI=1S/C20H34N6O.HI/c1-5-22-20(25-15(4)14(2)3)24-13-17-7-6-10-23-19(17)26-11-8-16(9-12-26)18(21)27;/h6-7,10,14-16H,5,8-9,11-13H2,1-4H3,(H2,21,27)(H2,22,24,25);1H. The van der Waals surface area contributed by atoms with Gasteiger partial charge in [0.25, 0.3) is 0 Å². The lowest BCUT2D eigenvalue weighted by atomic mass is 9.96. The summed E-state index contributed by atoms with van der Waals surface area (Å²) in [5.41, 5.74) is 6.53. The van der Waals surface area contributed by atoms with Gasteiger partial charge < -0.3 is 21.3 Å². The maximum Gasteiger partial charge on any atom is 0.220 e. The fourth-order valence-corrected chi connectivity index (χ4v) is 3.08. The maximum absolute atomic E-state index is 11.4. The number of guanidine groups is 1. The highest BCUT2D eigenvalue weighted by molar-refractivity contribution is 14.0. The van der Waals surface area contributed by atoms with Crippen molar-refractivity contribution < 1.29 is 4.79 Å². The SMILES string of the molecule is CCNC(=NCc1cccnc1N1CCC(C(N)=O)CC1)NC(C)C(C)C.I. The minimum absolute atomic E-state index is 0. The summed E-state index contributed by atoms with van der Waals surface area (Å²) in [4.78, 5) is 23.0. The van der Waals surface area contributed by atoms with Gasteiger partial charge in [-0.3, -0.25) is 4.79 Å². The monoisotopic (exact) mass is 502 g/mol. The van der Waals surface area contributed by atoms with Crippen LogP contribution in [0.25, 0.3) is 0 Å². The molecule has 2 rings (SSSR count). The molecule has 1 aromatic heterocycles. The van der Waals surface area contributed by atoms with Gasteiger partial charge in [0.15, 0.2) is 5.96 Å². The molecule has 1 unspecified atom stereocenters. The number of aromatic nitrogens is 1. The molecule has 1 saturated heterocycles. The minimum Gasteiger partial charge on any atom is -0.369 e. The van der Waals surface area contributed by atoms with Crippen molar-refractivity contribution in [3.8, 4) is 0 Å². The van der Waals surface area contributed by atoms with Gasteiger partial charge in [0, 0.05) is 43.4 Å². The average molecular weight is 502 g/mol. The Morgan fingerprint density at radius 2 is 2.04 bits per heavy atom. The molecule has 28 heavy (non-hydrogen) atoms. The average Bonchev–Trinajstić information content (AvgIpc) is 2.66. The van der Waals surface area contributed by atoms with Gasteiger partial charge in [-0.2, -0.15) is 0 Å². The van der Waals surface area contributed by atoms with Crippen LogP contribution in [-0.4, -0.2) is 42.5 Å². The van der Waals surface area contributed by atoms with Crippen molar-refractivity contribution in [2.24, 2.45) is 22.6 Å². The third kappa shape index (κ3) is 7.10. The maximum atomic E-state index is 11.4. The van der Waals surface area contributed by atoms with Gasteiger partial charge in [0.2, 0.25) is 5.91 Å². The molecule has 0 spiro atoms. The Balaban J connectivity index is 0.00000392. The van der Waals surface area contributed by atoms with Crippen LogP contribution in [0.3, 0.4) is 0 Å². The molecule has 2 heterocycles. The molecule has 8 heteroatoms. The predicted molar refractivity (Wildman–Crippen MR) is 126 cm³/mol. The lowest BCUT2D eigenvalue weighted by molar-refractivity contribution is -0.122. The van der Waals surface area contributed by atoms with Crippen molar-refractivity contribution in [3.63, 3.8) is 0 Å². The number of nitrogens with one attached hydrogen (secondary N) is 2. The van der Waals surface area contributed by atoms with E-state index in [0.717, 1.165) is 49.8 Å². The molecule has 158 valence electrons. The Morgan fingerprint density at radius 1 is 1.36 bits per heavy atom. The highest BCUT2D eigenvalue weighted by Crippen LogP contribution is 2.24. The van der Waals surface area contributed by atoms with Gasteiger partial charge in [-0.05, 0) is 38.7 Å². The second-order valence-corrected chi connectivity index (χ2v) is 7.52. The van der Waals surface area contributed by atoms with Crippen molar-refractivity contribution in [3.05, 3.63) is 23.9 Å². The highest BCUT2D eigenvalue weighted by Gasteiger charge is 2.24. The van der Waals surface area contributed by atoms with Crippen LogP contribution in [0.1, 0.15) is 46.1 Å². The number of pyridine rings is 1. The van der Waals surface area contributed by atoms with Crippen molar-refractivity contribution >= 4 is 41.7 Å². The number of nitrogens with zero attached hydrogens (tertiary/aromatic N) is 3. The smallest absolute Gasteiger partial charge is 0.220 e. The van der Waals surface area contributed by atoms with Crippen molar-refractivity contribution in [1.29, 1.82) is 0 Å². The van der Waals surface area contributed by atoms with Crippen LogP contribution in [0.5, 0.6) is 0 Å². The number of rotatable bonds is 7. The first-order valence-corrected chi connectivity index (χ1v) is 9.95. The number of hydrogen-bond donors (Lipinski definition) is 3. The first-order valence-electron chi connectivity index (χ1n) is 9.95. The Bertz CT molecular complexity index is 643. The lowest BCUT2D eigenvalue weighted by Gasteiger charge is -2.32. The van der Waals surface area contributed by atoms with Crippen molar-refractivity contribution in [2.75, 3.05) is 24.5 Å². The summed E-state index contributed by atoms with van der Waals surface area (Å²) in [6.45, 7) is 11.6. The van der Waals surface area contributed by atoms with Crippen molar-refractivity contribution in [2.45, 2.75) is 53.1 Å². The molecular formula is C20H35IN6O. The molecule has 0 radical (unpaired) electrons. The zero-order chi connectivity index (χ0) is 19.8. The van der Waals surface area contributed by atoms with E-state index >= 15 is 0 Å². The van der Waals surface area contributed by atoms with Gasteiger partial charge in [-0.15, -0.1) is 24.0 Å². The molecule has 1 fully saturated rings. The summed E-state index contributed by atoms with van der Waals surface area (Å²) < 4.78 is 0. The molecule has 1 aromatic rings. The van der Waals surface area contributed by atoms with Crippen LogP contribution in [0.15, 0.2) is 23.3 Å². The number of piperidine rings is 1. The Hall–Kier alpha value is -1.58. The third-order valence-electron chi connectivity index (χ3n) is 5.18. The fourth-order valence-electron chi connectivity index (χ4n) is 3.08. The first kappa shape index (κ1) is 24.5. The van der Waals surface area contributed by atoms with E-state index in [0.29, 0.717) is 18.5 Å². The first-order chi connectivity index (χ1) is 12.9. The molecule has 7 nitrogen and oxygen atoms in total. The number of anilines is 1. The second-order valence-electron chi connectivity index (χ2n) is 7.52. The zero-order valence-corrected chi connectivity index (χ0v) is 19.8. The number of primary amides is 1. The molecular weight excluding hydrogens is 467 g/mol. The summed E-state index contributed by atoms with van der Waals surface area (Å²) >= 11 is 0. The molecule has 4 N–H and O–H groups in total. The molecule has 1 amide bonds. The second kappa shape index (κ2) is 12.1. The number of aliphatic imine (C=N–C) groups is 1. The zero-order valence-electron chi connectivity index (χ0n) is 17.4. The Labute approximate surface area is 186 Å². The minimum atomic E-state index is -0.193. The van der Waals surface area contributed by atoms with Crippen LogP contribution >= 0.6 is 24.0 Å². The number of hydrogen-bond acceptors (Lipinski definition) is 4. The topological polar surface area (TPSA) is 95.6 Å². The van der Waals surface area contributed by atoms with Crippen molar-refractivity contribution in [1.82, 2.24) is 15.6 Å². The van der Waals surface area contributed by atoms with E-state index in [-0.39, 0.29) is 35.8 Å². The summed E-state index contributed by atoms with van der Waals surface area (Å²) in [5, 5.41) is 6.77. The van der Waals surface area contributed by atoms with Gasteiger partial charge in [-0.1, -0.05) is 19.9 Å². The van der Waals surface area contributed by atoms with E-state index in [4.69, 9.17) is 10.7 Å². The molecule has 1 atom stereocenters. The number of carbonyl (C=O) groups is 1. The van der Waals surface area contributed by atoms with Gasteiger partial charge in [0.1, 0.15) is 5.82 Å². The summed E-state index contributed by atoms with van der Waals surface area (Å²) in [6, 6.07) is 4.35. The highest BCUT2D eigenvalue weighted by atomic mass is 127. The van der Waals surface area contributed by atoms with Gasteiger partial charge >= 0.3 is 0 Å². The Kier molecular flexibility index (Phi) is 10.6. The predicted octanol–water partition coefficient (Wildman–Crippen LogP) is 2.50. The normalized spacial score (nSPS) is 16.5. The molecule has 0 saturated carbocycles. The van der Waals surface area contributed by atoms with E-state index in [1.54, 1.807) is 0 Å². The summed E-state index contributed by atoms with van der Waals surface area (Å²) in [7, 11) is 0. The van der Waals surface area contributed by atoms with Crippen LogP contribution in [0.4, 0.5) is 5.82 Å². The molecule has 1 aliphatic heterocycles. The number of halogens is 1. The van der Waals surface area contributed by atoms with E-state index in [1.165, 1.54) is 0 Å². The molecule has 1 aliphatic rings. The molecule has 0 bridgehead atoms. The largest absolute Gasteiger partial charge is 0.369 e. The molecule has 0 aromatic carbocycles. The number of amides is 1. The number of nitrogens with two attached hydrogens (primary N) is 1. The van der Waals surface area contributed by atoms with Gasteiger partial charge in [0.05, 0.1) is 6.54 Å². The number of carbonyl (C=O) groups excluding carboxylic acids is 1. The van der Waals surface area contributed by atoms with E-state index < -0.39 is 0 Å². The Morgan fingerprint density at radius 3 is 2.61 bits per heavy atom. The van der Waals surface area contributed by atoms with Crippen LogP contribution in [0.2, 0.25) is 0 Å². The molecule has 0 aliphatic carbocycles. The summed E-state index contributed by atoms with van der Waals surface area (Å²) in [6.07, 6.45) is 3.38. The van der Waals surface area contributed by atoms with E-state index in [2.05, 4.69) is 54.3 Å². The van der Waals surface area contributed by atoms with E-state index in [1.807, 2.05) is 12.3 Å². The van der Waals surface area contributed by atoms with Gasteiger partial charge in [-0.25, -0.2) is 9.98 Å². The summed E-state index contributed by atoms with van der Waals surface area (Å²) in [5.74, 6) is 2.09.